The molecule has 0 spiro atoms. The molecule has 5 nitrogen and oxygen atoms in total. The zero-order valence-corrected chi connectivity index (χ0v) is 13.1. The first-order valence-corrected chi connectivity index (χ1v) is 7.74. The number of rotatable bonds is 5. The van der Waals surface area contributed by atoms with E-state index in [0.29, 0.717) is 12.3 Å². The van der Waals surface area contributed by atoms with Crippen LogP contribution >= 0.6 is 11.3 Å². The van der Waals surface area contributed by atoms with E-state index < -0.39 is 12.0 Å². The number of aliphatic carboxylic acids is 1. The van der Waals surface area contributed by atoms with E-state index in [9.17, 15) is 4.79 Å². The fraction of sp³-hybridized carbons (Fsp3) is 0.250. The highest BCUT2D eigenvalue weighted by atomic mass is 32.1. The summed E-state index contributed by atoms with van der Waals surface area (Å²) >= 11 is 1.58. The van der Waals surface area contributed by atoms with Crippen LogP contribution in [0.25, 0.3) is 21.0 Å². The molecule has 0 aliphatic heterocycles. The monoisotopic (exact) mass is 316 g/mol. The van der Waals surface area contributed by atoms with Crippen molar-refractivity contribution in [1.29, 1.82) is 0 Å². The van der Waals surface area contributed by atoms with E-state index in [4.69, 9.17) is 9.52 Å². The van der Waals surface area contributed by atoms with E-state index in [1.807, 2.05) is 36.4 Å². The van der Waals surface area contributed by atoms with E-state index >= 15 is 0 Å². The second-order valence-corrected chi connectivity index (χ2v) is 6.21. The van der Waals surface area contributed by atoms with Crippen molar-refractivity contribution < 1.29 is 14.3 Å². The average Bonchev–Trinajstić information content (AvgIpc) is 3.11. The molecule has 0 bridgehead atoms. The lowest BCUT2D eigenvalue weighted by atomic mass is 10.3. The number of carboxylic acids is 1. The molecule has 22 heavy (non-hydrogen) atoms. The fourth-order valence-corrected chi connectivity index (χ4v) is 3.05. The van der Waals surface area contributed by atoms with Gasteiger partial charge >= 0.3 is 5.97 Å². The predicted octanol–water partition coefficient (Wildman–Crippen LogP) is 3.46. The van der Waals surface area contributed by atoms with Gasteiger partial charge in [-0.05, 0) is 38.2 Å². The number of fused-ring (bicyclic) bond motifs is 1. The number of para-hydroxylation sites is 1. The maximum absolute atomic E-state index is 11.0. The Balaban J connectivity index is 1.80. The lowest BCUT2D eigenvalue weighted by Crippen LogP contribution is -2.35. The highest BCUT2D eigenvalue weighted by Crippen LogP contribution is 2.31. The Kier molecular flexibility index (Phi) is 3.96. The highest BCUT2D eigenvalue weighted by Gasteiger charge is 2.18. The smallest absolute Gasteiger partial charge is 0.320 e. The van der Waals surface area contributed by atoms with Crippen LogP contribution in [0, 0.1) is 0 Å². The van der Waals surface area contributed by atoms with Gasteiger partial charge in [-0.25, -0.2) is 4.98 Å². The van der Waals surface area contributed by atoms with Crippen molar-refractivity contribution in [2.24, 2.45) is 0 Å². The second kappa shape index (κ2) is 5.90. The normalized spacial score (nSPS) is 12.9. The molecular weight excluding hydrogens is 300 g/mol. The van der Waals surface area contributed by atoms with E-state index in [0.717, 1.165) is 21.0 Å². The van der Waals surface area contributed by atoms with Gasteiger partial charge in [-0.15, -0.1) is 11.3 Å². The Bertz CT molecular complexity index is 775. The number of furan rings is 1. The number of aromatic nitrogens is 1. The zero-order chi connectivity index (χ0) is 15.7. The number of nitrogens with zero attached hydrogens (tertiary/aromatic N) is 2. The first-order chi connectivity index (χ1) is 10.5. The molecule has 1 atom stereocenters. The Morgan fingerprint density at radius 1 is 1.36 bits per heavy atom. The molecule has 1 N–H and O–H groups in total. The van der Waals surface area contributed by atoms with Crippen LogP contribution in [0.3, 0.4) is 0 Å². The number of carboxylic acid groups (broad SMARTS) is 1. The van der Waals surface area contributed by atoms with Gasteiger partial charge < -0.3 is 9.52 Å². The van der Waals surface area contributed by atoms with Crippen LogP contribution < -0.4 is 0 Å². The SMILES string of the molecule is CC(C(=O)O)N(C)Cc1ccc(-c2nc3ccccc3s2)o1. The molecule has 0 radical (unpaired) electrons. The molecule has 1 unspecified atom stereocenters. The Hall–Kier alpha value is -2.18. The third kappa shape index (κ3) is 2.88. The molecule has 3 rings (SSSR count). The molecule has 0 aliphatic rings. The molecule has 114 valence electrons. The van der Waals surface area contributed by atoms with Crippen LogP contribution in [-0.4, -0.2) is 34.0 Å². The Morgan fingerprint density at radius 3 is 2.86 bits per heavy atom. The Morgan fingerprint density at radius 2 is 2.14 bits per heavy atom. The zero-order valence-electron chi connectivity index (χ0n) is 12.3. The van der Waals surface area contributed by atoms with Gasteiger partial charge in [0.15, 0.2) is 10.8 Å². The summed E-state index contributed by atoms with van der Waals surface area (Å²) < 4.78 is 6.93. The topological polar surface area (TPSA) is 66.6 Å². The number of likely N-dealkylation sites (N-methyl/N-ethyl adjacent to an activating group) is 1. The standard InChI is InChI=1S/C16H16N2O3S/c1-10(16(19)20)18(2)9-11-7-8-13(21-11)15-17-12-5-3-4-6-14(12)22-15/h3-8,10H,9H2,1-2H3,(H,19,20). The number of hydrogen-bond donors (Lipinski definition) is 1. The molecule has 1 aromatic carbocycles. The van der Waals surface area contributed by atoms with Crippen molar-refractivity contribution in [1.82, 2.24) is 9.88 Å². The van der Waals surface area contributed by atoms with Gasteiger partial charge in [-0.2, -0.15) is 0 Å². The maximum Gasteiger partial charge on any atom is 0.320 e. The second-order valence-electron chi connectivity index (χ2n) is 5.18. The molecular formula is C16H16N2O3S. The third-order valence-electron chi connectivity index (χ3n) is 3.59. The van der Waals surface area contributed by atoms with Crippen LogP contribution in [0.15, 0.2) is 40.8 Å². The van der Waals surface area contributed by atoms with Gasteiger partial charge in [-0.1, -0.05) is 12.1 Å². The molecule has 6 heteroatoms. The van der Waals surface area contributed by atoms with Gasteiger partial charge in [0.1, 0.15) is 11.8 Å². The lowest BCUT2D eigenvalue weighted by molar-refractivity contribution is -0.142. The van der Waals surface area contributed by atoms with E-state index in [1.54, 1.807) is 30.2 Å². The maximum atomic E-state index is 11.0. The summed E-state index contributed by atoms with van der Waals surface area (Å²) in [7, 11) is 1.76. The summed E-state index contributed by atoms with van der Waals surface area (Å²) in [6, 6.07) is 11.1. The fourth-order valence-electron chi connectivity index (χ4n) is 2.13. The molecule has 2 aromatic heterocycles. The molecule has 0 amide bonds. The minimum absolute atomic E-state index is 0.443. The number of carbonyl (C=O) groups is 1. The average molecular weight is 316 g/mol. The molecule has 0 saturated carbocycles. The number of hydrogen-bond acceptors (Lipinski definition) is 5. The minimum atomic E-state index is -0.847. The first-order valence-electron chi connectivity index (χ1n) is 6.92. The quantitative estimate of drug-likeness (QED) is 0.781. The van der Waals surface area contributed by atoms with Crippen molar-refractivity contribution >= 4 is 27.5 Å². The van der Waals surface area contributed by atoms with Crippen LogP contribution in [-0.2, 0) is 11.3 Å². The van der Waals surface area contributed by atoms with Crippen LogP contribution in [0.2, 0.25) is 0 Å². The lowest BCUT2D eigenvalue weighted by Gasteiger charge is -2.19. The summed E-state index contributed by atoms with van der Waals surface area (Å²) in [4.78, 5) is 17.3. The number of benzene rings is 1. The van der Waals surface area contributed by atoms with E-state index in [1.165, 1.54) is 0 Å². The van der Waals surface area contributed by atoms with Crippen LogP contribution in [0.5, 0.6) is 0 Å². The van der Waals surface area contributed by atoms with Gasteiger partial charge in [0.25, 0.3) is 0 Å². The number of thiazole rings is 1. The van der Waals surface area contributed by atoms with Crippen molar-refractivity contribution in [2.75, 3.05) is 7.05 Å². The van der Waals surface area contributed by atoms with Crippen LogP contribution in [0.4, 0.5) is 0 Å². The molecule has 2 heterocycles. The summed E-state index contributed by atoms with van der Waals surface area (Å²) in [6.45, 7) is 2.10. The van der Waals surface area contributed by atoms with Gasteiger partial charge in [0.2, 0.25) is 0 Å². The predicted molar refractivity (Wildman–Crippen MR) is 85.9 cm³/mol. The third-order valence-corrected chi connectivity index (χ3v) is 4.64. The van der Waals surface area contributed by atoms with Crippen molar-refractivity contribution in [3.63, 3.8) is 0 Å². The van der Waals surface area contributed by atoms with Crippen molar-refractivity contribution in [2.45, 2.75) is 19.5 Å². The molecule has 0 fully saturated rings. The highest BCUT2D eigenvalue weighted by molar-refractivity contribution is 7.21. The molecule has 0 aliphatic carbocycles. The summed E-state index contributed by atoms with van der Waals surface area (Å²) in [5.41, 5.74) is 0.956. The summed E-state index contributed by atoms with van der Waals surface area (Å²) in [6.07, 6.45) is 0. The van der Waals surface area contributed by atoms with E-state index in [-0.39, 0.29) is 0 Å². The Labute approximate surface area is 131 Å². The first kappa shape index (κ1) is 14.7. The minimum Gasteiger partial charge on any atom is -0.480 e. The van der Waals surface area contributed by atoms with E-state index in [2.05, 4.69) is 4.98 Å². The molecule has 3 aromatic rings. The summed E-state index contributed by atoms with van der Waals surface area (Å²) in [5, 5.41) is 9.85. The van der Waals surface area contributed by atoms with Gasteiger partial charge in [0, 0.05) is 0 Å². The largest absolute Gasteiger partial charge is 0.480 e. The molecule has 0 saturated heterocycles. The van der Waals surface area contributed by atoms with Crippen molar-refractivity contribution in [3.05, 3.63) is 42.2 Å². The van der Waals surface area contributed by atoms with Gasteiger partial charge in [0.05, 0.1) is 16.8 Å². The van der Waals surface area contributed by atoms with Crippen LogP contribution in [0.1, 0.15) is 12.7 Å². The van der Waals surface area contributed by atoms with Crippen molar-refractivity contribution in [3.8, 4) is 10.8 Å². The van der Waals surface area contributed by atoms with Gasteiger partial charge in [-0.3, -0.25) is 9.69 Å². The summed E-state index contributed by atoms with van der Waals surface area (Å²) in [5.74, 6) is 0.595.